The molecule has 7 heteroatoms. The predicted molar refractivity (Wildman–Crippen MR) is 148 cm³/mol. The maximum Gasteiger partial charge on any atom is 0.266 e. The Bertz CT molecular complexity index is 1470. The van der Waals surface area contributed by atoms with Gasteiger partial charge in [0.2, 0.25) is 5.91 Å². The number of hydrogen-bond acceptors (Lipinski definition) is 5. The minimum atomic E-state index is -0.111. The molecule has 184 valence electrons. The van der Waals surface area contributed by atoms with Crippen molar-refractivity contribution in [1.82, 2.24) is 14.5 Å². The number of nitrogens with zero attached hydrogens (tertiary/aromatic N) is 4. The lowest BCUT2D eigenvalue weighted by Crippen LogP contribution is -2.49. The zero-order chi connectivity index (χ0) is 25.2. The summed E-state index contributed by atoms with van der Waals surface area (Å²) in [5, 5.41) is 1.12. The number of hydrogen-bond donors (Lipinski definition) is 0. The van der Waals surface area contributed by atoms with E-state index in [2.05, 4.69) is 36.1 Å². The molecule has 4 aromatic rings. The second-order valence-corrected chi connectivity index (χ2v) is 10.2. The van der Waals surface area contributed by atoms with Gasteiger partial charge in [-0.05, 0) is 61.7 Å². The monoisotopic (exact) mass is 498 g/mol. The van der Waals surface area contributed by atoms with Gasteiger partial charge < -0.3 is 9.80 Å². The number of amides is 1. The van der Waals surface area contributed by atoms with E-state index >= 15 is 0 Å². The highest BCUT2D eigenvalue weighted by atomic mass is 32.2. The summed E-state index contributed by atoms with van der Waals surface area (Å²) in [5.41, 5.74) is 5.80. The van der Waals surface area contributed by atoms with E-state index in [0.717, 1.165) is 29.9 Å². The van der Waals surface area contributed by atoms with Gasteiger partial charge in [-0.3, -0.25) is 14.2 Å². The Kier molecular flexibility index (Phi) is 6.83. The Morgan fingerprint density at radius 3 is 2.31 bits per heavy atom. The SMILES string of the molecule is Cc1cccc(N2CCN(C(=O)CSc3nc4ccccc4c(=O)n3-c3c(C)cccc3C)CC2)c1. The van der Waals surface area contributed by atoms with Crippen LogP contribution in [0.4, 0.5) is 5.69 Å². The molecule has 36 heavy (non-hydrogen) atoms. The molecule has 0 saturated carbocycles. The number of para-hydroxylation sites is 2. The van der Waals surface area contributed by atoms with Crippen molar-refractivity contribution in [3.05, 3.63) is 93.8 Å². The average molecular weight is 499 g/mol. The van der Waals surface area contributed by atoms with Gasteiger partial charge in [-0.15, -0.1) is 0 Å². The first-order valence-electron chi connectivity index (χ1n) is 12.2. The second kappa shape index (κ2) is 10.2. The summed E-state index contributed by atoms with van der Waals surface area (Å²) < 4.78 is 1.68. The smallest absolute Gasteiger partial charge is 0.266 e. The molecule has 0 N–H and O–H groups in total. The van der Waals surface area contributed by atoms with E-state index in [0.29, 0.717) is 29.1 Å². The molecule has 0 unspecified atom stereocenters. The fourth-order valence-corrected chi connectivity index (χ4v) is 5.72. The molecule has 3 aromatic carbocycles. The summed E-state index contributed by atoms with van der Waals surface area (Å²) in [7, 11) is 0. The number of piperazine rings is 1. The van der Waals surface area contributed by atoms with Gasteiger partial charge in [0.1, 0.15) is 0 Å². The van der Waals surface area contributed by atoms with Crippen LogP contribution in [0.3, 0.4) is 0 Å². The molecule has 0 spiro atoms. The minimum absolute atomic E-state index is 0.0688. The topological polar surface area (TPSA) is 58.4 Å². The Labute approximate surface area is 215 Å². The molecule has 0 atom stereocenters. The molecular formula is C29H30N4O2S. The molecule has 0 aliphatic carbocycles. The van der Waals surface area contributed by atoms with Crippen LogP contribution in [0.1, 0.15) is 16.7 Å². The summed E-state index contributed by atoms with van der Waals surface area (Å²) in [6.45, 7) is 9.07. The van der Waals surface area contributed by atoms with Gasteiger partial charge in [-0.2, -0.15) is 0 Å². The van der Waals surface area contributed by atoms with Crippen LogP contribution in [0, 0.1) is 20.8 Å². The summed E-state index contributed by atoms with van der Waals surface area (Å²) in [6.07, 6.45) is 0. The molecule has 1 aliphatic heterocycles. The number of aromatic nitrogens is 2. The number of thioether (sulfide) groups is 1. The molecule has 1 fully saturated rings. The molecule has 2 heterocycles. The third kappa shape index (κ3) is 4.75. The van der Waals surface area contributed by atoms with E-state index in [1.165, 1.54) is 23.0 Å². The minimum Gasteiger partial charge on any atom is -0.368 e. The van der Waals surface area contributed by atoms with Gasteiger partial charge in [-0.25, -0.2) is 4.98 Å². The van der Waals surface area contributed by atoms with Crippen molar-refractivity contribution in [3.63, 3.8) is 0 Å². The van der Waals surface area contributed by atoms with E-state index < -0.39 is 0 Å². The molecule has 1 saturated heterocycles. The van der Waals surface area contributed by atoms with E-state index in [1.54, 1.807) is 4.57 Å². The van der Waals surface area contributed by atoms with Crippen molar-refractivity contribution >= 4 is 34.3 Å². The highest BCUT2D eigenvalue weighted by Crippen LogP contribution is 2.26. The zero-order valence-electron chi connectivity index (χ0n) is 20.9. The quantitative estimate of drug-likeness (QED) is 0.294. The molecule has 5 rings (SSSR count). The van der Waals surface area contributed by atoms with Gasteiger partial charge >= 0.3 is 0 Å². The lowest BCUT2D eigenvalue weighted by atomic mass is 10.1. The number of aryl methyl sites for hydroxylation is 3. The van der Waals surface area contributed by atoms with Crippen LogP contribution in [0.15, 0.2) is 76.7 Å². The number of carbonyl (C=O) groups is 1. The maximum atomic E-state index is 13.6. The largest absolute Gasteiger partial charge is 0.368 e. The average Bonchev–Trinajstić information content (AvgIpc) is 2.88. The van der Waals surface area contributed by atoms with Crippen LogP contribution in [0.5, 0.6) is 0 Å². The summed E-state index contributed by atoms with van der Waals surface area (Å²) in [5.74, 6) is 0.305. The molecule has 1 aliphatic rings. The summed E-state index contributed by atoms with van der Waals surface area (Å²) >= 11 is 1.34. The first-order chi connectivity index (χ1) is 17.4. The zero-order valence-corrected chi connectivity index (χ0v) is 21.7. The molecule has 6 nitrogen and oxygen atoms in total. The maximum absolute atomic E-state index is 13.6. The van der Waals surface area contributed by atoms with E-state index in [9.17, 15) is 9.59 Å². The first-order valence-corrected chi connectivity index (χ1v) is 13.2. The third-order valence-electron chi connectivity index (χ3n) is 6.73. The van der Waals surface area contributed by atoms with Crippen molar-refractivity contribution < 1.29 is 4.79 Å². The highest BCUT2D eigenvalue weighted by Gasteiger charge is 2.23. The number of fused-ring (bicyclic) bond motifs is 1. The van der Waals surface area contributed by atoms with Crippen molar-refractivity contribution in [2.75, 3.05) is 36.8 Å². The van der Waals surface area contributed by atoms with E-state index in [1.807, 2.05) is 61.2 Å². The Morgan fingerprint density at radius 2 is 1.58 bits per heavy atom. The van der Waals surface area contributed by atoms with Crippen LogP contribution >= 0.6 is 11.8 Å². The molecule has 1 aromatic heterocycles. The fraction of sp³-hybridized carbons (Fsp3) is 0.276. The van der Waals surface area contributed by atoms with Gasteiger partial charge in [0, 0.05) is 31.9 Å². The van der Waals surface area contributed by atoms with Gasteiger partial charge in [0.25, 0.3) is 5.56 Å². The normalized spacial score (nSPS) is 13.9. The van der Waals surface area contributed by atoms with Crippen molar-refractivity contribution in [2.24, 2.45) is 0 Å². The fourth-order valence-electron chi connectivity index (χ4n) is 4.82. The molecule has 0 radical (unpaired) electrons. The summed E-state index contributed by atoms with van der Waals surface area (Å²) in [4.78, 5) is 35.8. The van der Waals surface area contributed by atoms with Crippen LogP contribution < -0.4 is 10.5 Å². The number of carbonyl (C=O) groups excluding carboxylic acids is 1. The molecule has 1 amide bonds. The standard InChI is InChI=1S/C29H30N4O2S/c1-20-8-6-11-23(18-20)31-14-16-32(17-15-31)26(34)19-36-29-30-25-13-5-4-12-24(25)28(35)33(29)27-21(2)9-7-10-22(27)3/h4-13,18H,14-17,19H2,1-3H3. The highest BCUT2D eigenvalue weighted by molar-refractivity contribution is 7.99. The Balaban J connectivity index is 1.37. The van der Waals surface area contributed by atoms with Crippen LogP contribution in [-0.2, 0) is 4.79 Å². The van der Waals surface area contributed by atoms with Crippen molar-refractivity contribution in [2.45, 2.75) is 25.9 Å². The summed E-state index contributed by atoms with van der Waals surface area (Å²) in [6, 6.07) is 21.9. The van der Waals surface area contributed by atoms with Crippen molar-refractivity contribution in [3.8, 4) is 5.69 Å². The lowest BCUT2D eigenvalue weighted by molar-refractivity contribution is -0.128. The van der Waals surface area contributed by atoms with Crippen LogP contribution in [0.25, 0.3) is 16.6 Å². The van der Waals surface area contributed by atoms with Gasteiger partial charge in [0.05, 0.1) is 22.3 Å². The van der Waals surface area contributed by atoms with Crippen molar-refractivity contribution in [1.29, 1.82) is 0 Å². The third-order valence-corrected chi connectivity index (χ3v) is 7.66. The number of benzene rings is 3. The Hall–Kier alpha value is -3.58. The van der Waals surface area contributed by atoms with Gasteiger partial charge in [0.15, 0.2) is 5.16 Å². The second-order valence-electron chi connectivity index (χ2n) is 9.29. The molecular weight excluding hydrogens is 468 g/mol. The van der Waals surface area contributed by atoms with E-state index in [4.69, 9.17) is 4.98 Å². The van der Waals surface area contributed by atoms with E-state index in [-0.39, 0.29) is 17.2 Å². The van der Waals surface area contributed by atoms with Gasteiger partial charge in [-0.1, -0.05) is 54.2 Å². The number of anilines is 1. The molecule has 0 bridgehead atoms. The lowest BCUT2D eigenvalue weighted by Gasteiger charge is -2.36. The van der Waals surface area contributed by atoms with Crippen LogP contribution in [-0.4, -0.2) is 52.3 Å². The predicted octanol–water partition coefficient (Wildman–Crippen LogP) is 4.75. The first kappa shape index (κ1) is 24.1. The number of rotatable bonds is 5. The Morgan fingerprint density at radius 1 is 0.889 bits per heavy atom. The van der Waals surface area contributed by atoms with Crippen LogP contribution in [0.2, 0.25) is 0 Å².